The van der Waals surface area contributed by atoms with Crippen molar-refractivity contribution in [1.29, 1.82) is 0 Å². The number of hydrogen-bond acceptors (Lipinski definition) is 8. The van der Waals surface area contributed by atoms with E-state index in [1.165, 1.54) is 30.6 Å². The first-order chi connectivity index (χ1) is 21.5. The Morgan fingerprint density at radius 3 is 2.67 bits per heavy atom. The number of pyridine rings is 1. The molecule has 0 radical (unpaired) electrons. The molecule has 238 valence electrons. The number of carbonyl (C=O) groups excluding carboxylic acids is 2. The summed E-state index contributed by atoms with van der Waals surface area (Å²) in [5.74, 6) is 1.16. The maximum Gasteiger partial charge on any atom is 0.295 e. The number of allylic oxidation sites excluding steroid dienone is 1. The van der Waals surface area contributed by atoms with Crippen LogP contribution in [0.5, 0.6) is 5.75 Å². The number of ketones is 1. The highest BCUT2D eigenvalue weighted by atomic mass is 32.2. The average molecular weight is 633 g/mol. The van der Waals surface area contributed by atoms with E-state index in [-0.39, 0.29) is 27.6 Å². The standard InChI is InChI=1S/C34H40N4O6S/c1-4-10-28-26-12-9-13-29(39)27(26)16-17-30(28)44-20-8-7-19-34(2,3)23-36-33(40)25-15-18-32(35-21-25)38-37-22-24-11-5-6-14-31(24)45(41,42)43/h4-6,11,14-18,21-22H,1,7-10,12-13,19-20,23H2,2-3H3,(H,35,38)(H,36,40)(H,41,42,43)/b37-22+. The van der Waals surface area contributed by atoms with E-state index in [1.54, 1.807) is 18.2 Å². The van der Waals surface area contributed by atoms with Gasteiger partial charge >= 0.3 is 0 Å². The number of amides is 1. The van der Waals surface area contributed by atoms with Gasteiger partial charge < -0.3 is 10.1 Å². The van der Waals surface area contributed by atoms with Crippen molar-refractivity contribution >= 4 is 33.8 Å². The fourth-order valence-electron chi connectivity index (χ4n) is 5.26. The second-order valence-corrected chi connectivity index (χ2v) is 13.2. The van der Waals surface area contributed by atoms with Crippen molar-refractivity contribution in [2.75, 3.05) is 18.6 Å². The molecule has 4 rings (SSSR count). The van der Waals surface area contributed by atoms with Gasteiger partial charge in [-0.15, -0.1) is 6.58 Å². The monoisotopic (exact) mass is 632 g/mol. The maximum atomic E-state index is 12.7. The molecule has 0 spiro atoms. The van der Waals surface area contributed by atoms with Crippen molar-refractivity contribution in [3.8, 4) is 5.75 Å². The van der Waals surface area contributed by atoms with E-state index in [9.17, 15) is 22.6 Å². The Hall–Kier alpha value is -4.35. The summed E-state index contributed by atoms with van der Waals surface area (Å²) in [5.41, 5.74) is 6.17. The Kier molecular flexibility index (Phi) is 11.2. The van der Waals surface area contributed by atoms with E-state index in [0.29, 0.717) is 37.4 Å². The Labute approximate surface area is 264 Å². The predicted octanol–water partition coefficient (Wildman–Crippen LogP) is 6.03. The van der Waals surface area contributed by atoms with E-state index in [4.69, 9.17) is 4.74 Å². The molecule has 3 aromatic rings. The lowest BCUT2D eigenvalue weighted by Crippen LogP contribution is -2.34. The van der Waals surface area contributed by atoms with Crippen LogP contribution in [0.2, 0.25) is 0 Å². The number of hydrazone groups is 1. The molecule has 10 nitrogen and oxygen atoms in total. The molecule has 45 heavy (non-hydrogen) atoms. The fourth-order valence-corrected chi connectivity index (χ4v) is 5.93. The van der Waals surface area contributed by atoms with Crippen molar-refractivity contribution in [1.82, 2.24) is 10.3 Å². The molecule has 0 fully saturated rings. The fraction of sp³-hybridized carbons (Fsp3) is 0.353. The van der Waals surface area contributed by atoms with Crippen LogP contribution in [-0.2, 0) is 23.0 Å². The molecule has 0 aliphatic heterocycles. The molecular weight excluding hydrogens is 592 g/mol. The van der Waals surface area contributed by atoms with Gasteiger partial charge in [0.15, 0.2) is 5.78 Å². The van der Waals surface area contributed by atoms with Crippen molar-refractivity contribution in [2.24, 2.45) is 10.5 Å². The van der Waals surface area contributed by atoms with Crippen LogP contribution in [0.3, 0.4) is 0 Å². The third kappa shape index (κ3) is 9.32. The molecule has 1 aliphatic carbocycles. The lowest BCUT2D eigenvalue weighted by atomic mass is 9.86. The Morgan fingerprint density at radius 2 is 1.93 bits per heavy atom. The predicted molar refractivity (Wildman–Crippen MR) is 175 cm³/mol. The van der Waals surface area contributed by atoms with Crippen LogP contribution >= 0.6 is 0 Å². The van der Waals surface area contributed by atoms with Gasteiger partial charge in [-0.3, -0.25) is 19.6 Å². The third-order valence-electron chi connectivity index (χ3n) is 7.71. The lowest BCUT2D eigenvalue weighted by molar-refractivity contribution is 0.0931. The number of nitrogens with zero attached hydrogens (tertiary/aromatic N) is 2. The van der Waals surface area contributed by atoms with Gasteiger partial charge in [-0.2, -0.15) is 13.5 Å². The van der Waals surface area contributed by atoms with Gasteiger partial charge in [-0.25, -0.2) is 4.98 Å². The molecule has 0 saturated heterocycles. The highest BCUT2D eigenvalue weighted by molar-refractivity contribution is 7.86. The van der Waals surface area contributed by atoms with Crippen LogP contribution in [0, 0.1) is 5.41 Å². The van der Waals surface area contributed by atoms with Crippen LogP contribution in [0.4, 0.5) is 5.82 Å². The van der Waals surface area contributed by atoms with Gasteiger partial charge in [0.25, 0.3) is 16.0 Å². The summed E-state index contributed by atoms with van der Waals surface area (Å²) in [6, 6.07) is 12.9. The second kappa shape index (κ2) is 15.1. The number of ether oxygens (including phenoxy) is 1. The Balaban J connectivity index is 1.21. The summed E-state index contributed by atoms with van der Waals surface area (Å²) >= 11 is 0. The highest BCUT2D eigenvalue weighted by Crippen LogP contribution is 2.32. The SMILES string of the molecule is C=CCc1c(OCCCCC(C)(C)CNC(=O)c2ccc(N/N=C/c3ccccc3S(=O)(=O)O)nc2)ccc2c1CCCC2=O. The maximum absolute atomic E-state index is 12.7. The molecule has 0 bridgehead atoms. The quantitative estimate of drug-likeness (QED) is 0.0605. The molecule has 2 aromatic carbocycles. The van der Waals surface area contributed by atoms with Crippen molar-refractivity contribution in [2.45, 2.75) is 63.7 Å². The second-order valence-electron chi connectivity index (χ2n) is 11.8. The molecule has 1 heterocycles. The van der Waals surface area contributed by atoms with Gasteiger partial charge in [0.05, 0.1) is 18.4 Å². The molecule has 1 aromatic heterocycles. The van der Waals surface area contributed by atoms with E-state index in [0.717, 1.165) is 54.5 Å². The largest absolute Gasteiger partial charge is 0.493 e. The van der Waals surface area contributed by atoms with Crippen LogP contribution in [-0.4, -0.2) is 49.0 Å². The minimum atomic E-state index is -4.38. The number of nitrogens with one attached hydrogen (secondary N) is 2. The lowest BCUT2D eigenvalue weighted by Gasteiger charge is -2.25. The molecule has 11 heteroatoms. The minimum absolute atomic E-state index is 0.127. The molecule has 1 aliphatic rings. The summed E-state index contributed by atoms with van der Waals surface area (Å²) < 4.78 is 38.5. The van der Waals surface area contributed by atoms with Crippen molar-refractivity contribution in [3.05, 3.63) is 95.2 Å². The average Bonchev–Trinajstić information content (AvgIpc) is 3.01. The highest BCUT2D eigenvalue weighted by Gasteiger charge is 2.23. The first-order valence-corrected chi connectivity index (χ1v) is 16.4. The summed E-state index contributed by atoms with van der Waals surface area (Å²) in [7, 11) is -4.38. The Bertz CT molecular complexity index is 1670. The molecule has 0 atom stereocenters. The molecule has 1 amide bonds. The van der Waals surface area contributed by atoms with Crippen LogP contribution in [0.1, 0.15) is 83.4 Å². The number of hydrogen-bond donors (Lipinski definition) is 3. The van der Waals surface area contributed by atoms with Crippen molar-refractivity contribution < 1.29 is 27.3 Å². The van der Waals surface area contributed by atoms with E-state index in [2.05, 4.69) is 41.3 Å². The first-order valence-electron chi connectivity index (χ1n) is 15.0. The van der Waals surface area contributed by atoms with Gasteiger partial charge in [0, 0.05) is 35.9 Å². The zero-order valence-corrected chi connectivity index (χ0v) is 26.5. The van der Waals surface area contributed by atoms with E-state index >= 15 is 0 Å². The van der Waals surface area contributed by atoms with Crippen molar-refractivity contribution in [3.63, 3.8) is 0 Å². The third-order valence-corrected chi connectivity index (χ3v) is 8.63. The summed E-state index contributed by atoms with van der Waals surface area (Å²) in [6.45, 7) is 9.17. The summed E-state index contributed by atoms with van der Waals surface area (Å²) in [6.07, 6.45) is 10.3. The zero-order valence-electron chi connectivity index (χ0n) is 25.7. The van der Waals surface area contributed by atoms with Crippen LogP contribution < -0.4 is 15.5 Å². The number of carbonyl (C=O) groups is 2. The first kappa shape index (κ1) is 33.5. The van der Waals surface area contributed by atoms with Gasteiger partial charge in [0.2, 0.25) is 0 Å². The number of benzene rings is 2. The minimum Gasteiger partial charge on any atom is -0.493 e. The van der Waals surface area contributed by atoms with Gasteiger partial charge in [-0.1, -0.05) is 38.1 Å². The number of fused-ring (bicyclic) bond motifs is 1. The number of anilines is 1. The van der Waals surface area contributed by atoms with Crippen LogP contribution in [0.25, 0.3) is 0 Å². The van der Waals surface area contributed by atoms with Gasteiger partial charge in [0.1, 0.15) is 16.5 Å². The zero-order chi connectivity index (χ0) is 32.5. The van der Waals surface area contributed by atoms with Gasteiger partial charge in [-0.05, 0) is 79.8 Å². The number of rotatable bonds is 15. The number of unbranched alkanes of at least 4 members (excludes halogenated alkanes) is 1. The number of Topliss-reactive ketones (excluding diaryl/α,β-unsaturated/α-hetero) is 1. The smallest absolute Gasteiger partial charge is 0.295 e. The Morgan fingerprint density at radius 1 is 1.13 bits per heavy atom. The molecular formula is C34H40N4O6S. The van der Waals surface area contributed by atoms with Crippen LogP contribution in [0.15, 0.2) is 77.4 Å². The summed E-state index contributed by atoms with van der Waals surface area (Å²) in [4.78, 5) is 29.0. The molecule has 3 N–H and O–H groups in total. The normalized spacial score (nSPS) is 13.4. The van der Waals surface area contributed by atoms with E-state index in [1.807, 2.05) is 18.2 Å². The molecule has 0 saturated carbocycles. The molecule has 0 unspecified atom stereocenters. The number of aromatic nitrogens is 1. The topological polar surface area (TPSA) is 147 Å². The summed E-state index contributed by atoms with van der Waals surface area (Å²) in [5, 5.41) is 6.97. The van der Waals surface area contributed by atoms with E-state index < -0.39 is 10.1 Å².